The summed E-state index contributed by atoms with van der Waals surface area (Å²) in [7, 11) is -4.09. The molecule has 0 saturated heterocycles. The lowest BCUT2D eigenvalue weighted by Crippen LogP contribution is -2.42. The number of carbonyl (C=O) groups is 2. The summed E-state index contributed by atoms with van der Waals surface area (Å²) in [6.45, 7) is 5.22. The van der Waals surface area contributed by atoms with Crippen LogP contribution in [-0.2, 0) is 21.2 Å². The van der Waals surface area contributed by atoms with Gasteiger partial charge >= 0.3 is 5.97 Å². The van der Waals surface area contributed by atoms with Crippen molar-refractivity contribution in [3.63, 3.8) is 0 Å². The minimum atomic E-state index is -4.09. The number of nitrogens with one attached hydrogen (secondary N) is 1. The third-order valence-corrected chi connectivity index (χ3v) is 7.05. The Labute approximate surface area is 188 Å². The summed E-state index contributed by atoms with van der Waals surface area (Å²) in [5.74, 6) is -1.32. The number of benzene rings is 3. The van der Waals surface area contributed by atoms with E-state index in [0.29, 0.717) is 28.5 Å². The summed E-state index contributed by atoms with van der Waals surface area (Å²) in [6.07, 6.45) is 0.491. The normalized spacial score (nSPS) is 12.3. The fourth-order valence-corrected chi connectivity index (χ4v) is 5.58. The van der Waals surface area contributed by atoms with E-state index in [1.165, 1.54) is 0 Å². The van der Waals surface area contributed by atoms with E-state index in [2.05, 4.69) is 4.72 Å². The van der Waals surface area contributed by atoms with Gasteiger partial charge in [0.1, 0.15) is 12.3 Å². The fraction of sp³-hybridized carbons (Fsp3) is 0.200. The highest BCUT2D eigenvalue weighted by Crippen LogP contribution is 2.24. The number of aldehydes is 1. The molecule has 0 spiro atoms. The number of hydrogen-bond acceptors (Lipinski definition) is 4. The van der Waals surface area contributed by atoms with Gasteiger partial charge in [-0.2, -0.15) is 4.72 Å². The Balaban J connectivity index is 1.92. The van der Waals surface area contributed by atoms with E-state index in [-0.39, 0.29) is 11.3 Å². The topological polar surface area (TPSA) is 101 Å². The summed E-state index contributed by atoms with van der Waals surface area (Å²) >= 11 is 0. The van der Waals surface area contributed by atoms with E-state index in [0.717, 1.165) is 16.7 Å². The predicted octanol–water partition coefficient (Wildman–Crippen LogP) is 4.07. The van der Waals surface area contributed by atoms with E-state index in [9.17, 15) is 23.1 Å². The molecule has 0 aliphatic heterocycles. The molecule has 0 radical (unpaired) electrons. The average Bonchev–Trinajstić information content (AvgIpc) is 2.72. The van der Waals surface area contributed by atoms with Crippen LogP contribution in [0.3, 0.4) is 0 Å². The zero-order valence-corrected chi connectivity index (χ0v) is 18.9. The van der Waals surface area contributed by atoms with Crippen molar-refractivity contribution >= 4 is 22.3 Å². The van der Waals surface area contributed by atoms with E-state index in [4.69, 9.17) is 0 Å². The van der Waals surface area contributed by atoms with Gasteiger partial charge in [0.25, 0.3) is 0 Å². The molecule has 3 aromatic rings. The minimum Gasteiger partial charge on any atom is -0.480 e. The number of aryl methyl sites for hydroxylation is 3. The zero-order valence-electron chi connectivity index (χ0n) is 18.1. The van der Waals surface area contributed by atoms with Gasteiger partial charge in [-0.05, 0) is 54.7 Å². The molecule has 2 N–H and O–H groups in total. The lowest BCUT2D eigenvalue weighted by Gasteiger charge is -2.19. The average molecular weight is 452 g/mol. The SMILES string of the molecule is Cc1cc(C)c(S(=O)(=O)N[C@@H](Cc2ccc(-c3ccccc3)cc2C=O)C(=O)O)c(C)c1. The van der Waals surface area contributed by atoms with Crippen LogP contribution in [0.25, 0.3) is 11.1 Å². The third kappa shape index (κ3) is 5.12. The summed E-state index contributed by atoms with van der Waals surface area (Å²) < 4.78 is 28.4. The molecule has 0 fully saturated rings. The van der Waals surface area contributed by atoms with Crippen molar-refractivity contribution in [1.82, 2.24) is 4.72 Å². The molecule has 0 aliphatic carbocycles. The van der Waals surface area contributed by atoms with E-state index in [1.807, 2.05) is 37.3 Å². The molecule has 3 rings (SSSR count). The summed E-state index contributed by atoms with van der Waals surface area (Å²) in [4.78, 5) is 23.7. The predicted molar refractivity (Wildman–Crippen MR) is 123 cm³/mol. The molecule has 3 aromatic carbocycles. The van der Waals surface area contributed by atoms with Crippen molar-refractivity contribution in [3.8, 4) is 11.1 Å². The molecule has 32 heavy (non-hydrogen) atoms. The number of carboxylic acids is 1. The Kier molecular flexibility index (Phi) is 6.91. The van der Waals surface area contributed by atoms with E-state index < -0.39 is 22.0 Å². The first-order valence-corrected chi connectivity index (χ1v) is 11.6. The summed E-state index contributed by atoms with van der Waals surface area (Å²) in [5, 5.41) is 9.71. The minimum absolute atomic E-state index is 0.0735. The lowest BCUT2D eigenvalue weighted by molar-refractivity contribution is -0.138. The van der Waals surface area contributed by atoms with Crippen molar-refractivity contribution in [2.75, 3.05) is 0 Å². The van der Waals surface area contributed by atoms with E-state index in [1.54, 1.807) is 44.2 Å². The van der Waals surface area contributed by atoms with Crippen molar-refractivity contribution in [1.29, 1.82) is 0 Å². The van der Waals surface area contributed by atoms with E-state index >= 15 is 0 Å². The fourth-order valence-electron chi connectivity index (χ4n) is 3.94. The van der Waals surface area contributed by atoms with Crippen LogP contribution in [0, 0.1) is 20.8 Å². The Morgan fingerprint density at radius 2 is 1.59 bits per heavy atom. The standard InChI is InChI=1S/C25H25NO5S/c1-16-11-17(2)24(18(3)12-16)32(30,31)26-23(25(28)29)14-21-10-9-20(13-22(21)15-27)19-7-5-4-6-8-19/h4-13,15,23,26H,14H2,1-3H3,(H,28,29)/t23-/m0/s1. The molecule has 0 bridgehead atoms. The highest BCUT2D eigenvalue weighted by molar-refractivity contribution is 7.89. The second kappa shape index (κ2) is 9.46. The number of rotatable bonds is 8. The number of carbonyl (C=O) groups excluding carboxylic acids is 1. The molecule has 0 aliphatic rings. The number of aliphatic carboxylic acids is 1. The molecule has 1 atom stereocenters. The summed E-state index contributed by atoms with van der Waals surface area (Å²) in [6, 6.07) is 16.7. The molecule has 0 heterocycles. The van der Waals surface area contributed by atoms with Gasteiger partial charge in [-0.1, -0.05) is 60.2 Å². The second-order valence-corrected chi connectivity index (χ2v) is 9.49. The maximum absolute atomic E-state index is 13.0. The molecule has 0 saturated carbocycles. The van der Waals surface area contributed by atoms with Gasteiger partial charge in [-0.15, -0.1) is 0 Å². The van der Waals surface area contributed by atoms with Crippen LogP contribution in [0.5, 0.6) is 0 Å². The maximum Gasteiger partial charge on any atom is 0.322 e. The first-order valence-electron chi connectivity index (χ1n) is 10.1. The third-order valence-electron chi connectivity index (χ3n) is 5.27. The van der Waals surface area contributed by atoms with Gasteiger partial charge in [0.15, 0.2) is 0 Å². The maximum atomic E-state index is 13.0. The smallest absolute Gasteiger partial charge is 0.322 e. The Bertz CT molecular complexity index is 1240. The number of sulfonamides is 1. The number of carboxylic acid groups (broad SMARTS) is 1. The van der Waals surface area contributed by atoms with Gasteiger partial charge in [0, 0.05) is 12.0 Å². The van der Waals surface area contributed by atoms with Gasteiger partial charge in [-0.3, -0.25) is 9.59 Å². The van der Waals surface area contributed by atoms with Gasteiger partial charge in [-0.25, -0.2) is 8.42 Å². The molecule has 6 nitrogen and oxygen atoms in total. The lowest BCUT2D eigenvalue weighted by atomic mass is 9.96. The molecule has 0 amide bonds. The Hall–Kier alpha value is -3.29. The molecule has 0 aromatic heterocycles. The van der Waals surface area contributed by atoms with Crippen LogP contribution in [-0.4, -0.2) is 31.8 Å². The van der Waals surface area contributed by atoms with Gasteiger partial charge in [0.05, 0.1) is 4.90 Å². The van der Waals surface area contributed by atoms with Gasteiger partial charge in [0.2, 0.25) is 10.0 Å². The van der Waals surface area contributed by atoms with Crippen LogP contribution in [0.1, 0.15) is 32.6 Å². The van der Waals surface area contributed by atoms with Crippen LogP contribution in [0.2, 0.25) is 0 Å². The first kappa shape index (κ1) is 23.4. The molecule has 7 heteroatoms. The van der Waals surface area contributed by atoms with Crippen LogP contribution in [0.15, 0.2) is 65.6 Å². The van der Waals surface area contributed by atoms with Crippen molar-refractivity contribution in [3.05, 3.63) is 88.5 Å². The summed E-state index contributed by atoms with van der Waals surface area (Å²) in [5.41, 5.74) is 4.51. The monoisotopic (exact) mass is 451 g/mol. The Morgan fingerprint density at radius 1 is 0.969 bits per heavy atom. The molecule has 166 valence electrons. The number of hydrogen-bond donors (Lipinski definition) is 2. The Morgan fingerprint density at radius 3 is 2.16 bits per heavy atom. The quantitative estimate of drug-likeness (QED) is 0.503. The zero-order chi connectivity index (χ0) is 23.5. The first-order chi connectivity index (χ1) is 15.1. The highest BCUT2D eigenvalue weighted by atomic mass is 32.2. The van der Waals surface area contributed by atoms with Gasteiger partial charge < -0.3 is 5.11 Å². The van der Waals surface area contributed by atoms with Crippen LogP contribution >= 0.6 is 0 Å². The largest absolute Gasteiger partial charge is 0.480 e. The molecule has 0 unspecified atom stereocenters. The van der Waals surface area contributed by atoms with Crippen LogP contribution in [0.4, 0.5) is 0 Å². The van der Waals surface area contributed by atoms with Crippen LogP contribution < -0.4 is 4.72 Å². The molecular weight excluding hydrogens is 426 g/mol. The molecular formula is C25H25NO5S. The van der Waals surface area contributed by atoms with Crippen molar-refractivity contribution < 1.29 is 23.1 Å². The second-order valence-electron chi connectivity index (χ2n) is 7.84. The van der Waals surface area contributed by atoms with Crippen molar-refractivity contribution in [2.45, 2.75) is 38.1 Å². The van der Waals surface area contributed by atoms with Crippen molar-refractivity contribution in [2.24, 2.45) is 0 Å². The highest BCUT2D eigenvalue weighted by Gasteiger charge is 2.28.